The van der Waals surface area contributed by atoms with E-state index in [9.17, 15) is 31.1 Å². The fourth-order valence-corrected chi connectivity index (χ4v) is 3.60. The maximum atomic E-state index is 14.1. The van der Waals surface area contributed by atoms with E-state index in [-0.39, 0.29) is 43.7 Å². The zero-order valence-electron chi connectivity index (χ0n) is 17.9. The van der Waals surface area contributed by atoms with Crippen LogP contribution in [0.3, 0.4) is 0 Å². The Morgan fingerprint density at radius 1 is 1.18 bits per heavy atom. The van der Waals surface area contributed by atoms with Crippen LogP contribution in [0.25, 0.3) is 0 Å². The minimum Gasteiger partial charge on any atom is -0.335 e. The molecule has 0 saturated heterocycles. The first-order chi connectivity index (χ1) is 15.6. The molecule has 33 heavy (non-hydrogen) atoms. The largest absolute Gasteiger partial charge is 0.449 e. The second-order valence-corrected chi connectivity index (χ2v) is 7.82. The quantitative estimate of drug-likeness (QED) is 0.256. The molecule has 1 amide bonds. The second-order valence-electron chi connectivity index (χ2n) is 7.82. The van der Waals surface area contributed by atoms with Gasteiger partial charge in [0.1, 0.15) is 5.82 Å². The van der Waals surface area contributed by atoms with Crippen LogP contribution >= 0.6 is 0 Å². The molecular weight excluding hydrogens is 454 g/mol. The number of nitrogens with one attached hydrogen (secondary N) is 1. The summed E-state index contributed by atoms with van der Waals surface area (Å²) in [6.45, 7) is 2.18. The van der Waals surface area contributed by atoms with Crippen LogP contribution in [0.2, 0.25) is 0 Å². The van der Waals surface area contributed by atoms with Gasteiger partial charge in [0, 0.05) is 31.6 Å². The van der Waals surface area contributed by atoms with E-state index in [1.165, 1.54) is 4.90 Å². The third-order valence-electron chi connectivity index (χ3n) is 5.32. The second kappa shape index (κ2) is 10.6. The van der Waals surface area contributed by atoms with E-state index in [2.05, 4.69) is 10.5 Å². The summed E-state index contributed by atoms with van der Waals surface area (Å²) < 4.78 is 81.1. The van der Waals surface area contributed by atoms with E-state index in [1.54, 1.807) is 0 Å². The smallest absolute Gasteiger partial charge is 0.335 e. The predicted octanol–water partition coefficient (Wildman–Crippen LogP) is 3.98. The van der Waals surface area contributed by atoms with Gasteiger partial charge in [0.05, 0.1) is 25.0 Å². The zero-order valence-corrected chi connectivity index (χ0v) is 17.9. The lowest BCUT2D eigenvalue weighted by Crippen LogP contribution is -2.43. The number of unbranched alkanes of at least 4 members (excludes halogenated alkanes) is 1. The normalized spacial score (nSPS) is 14.9. The van der Waals surface area contributed by atoms with E-state index < -0.39 is 41.4 Å². The van der Waals surface area contributed by atoms with Crippen molar-refractivity contribution in [3.8, 4) is 0 Å². The molecule has 0 aliphatic carbocycles. The Balaban J connectivity index is 1.69. The Morgan fingerprint density at radius 2 is 1.91 bits per heavy atom. The number of benzene rings is 1. The van der Waals surface area contributed by atoms with Crippen molar-refractivity contribution in [1.82, 2.24) is 19.9 Å². The summed E-state index contributed by atoms with van der Waals surface area (Å²) in [5.74, 6) is -4.91. The molecule has 0 radical (unpaired) electrons. The molecule has 0 unspecified atom stereocenters. The van der Waals surface area contributed by atoms with Crippen molar-refractivity contribution in [1.29, 1.82) is 0 Å². The van der Waals surface area contributed by atoms with Crippen LogP contribution < -0.4 is 5.48 Å². The molecule has 0 spiro atoms. The molecule has 6 nitrogen and oxygen atoms in total. The van der Waals surface area contributed by atoms with Gasteiger partial charge in [0.15, 0.2) is 11.6 Å². The predicted molar refractivity (Wildman–Crippen MR) is 105 cm³/mol. The Bertz CT molecular complexity index is 978. The van der Waals surface area contributed by atoms with Crippen LogP contribution in [0.15, 0.2) is 18.3 Å². The minimum absolute atomic E-state index is 0.0359. The summed E-state index contributed by atoms with van der Waals surface area (Å²) >= 11 is 0. The van der Waals surface area contributed by atoms with Crippen molar-refractivity contribution in [2.24, 2.45) is 0 Å². The Morgan fingerprint density at radius 3 is 2.61 bits per heavy atom. The van der Waals surface area contributed by atoms with Gasteiger partial charge in [-0.3, -0.25) is 4.79 Å². The molecule has 1 aromatic carbocycles. The summed E-state index contributed by atoms with van der Waals surface area (Å²) in [5.41, 5.74) is 2.79. The number of hydroxylamine groups is 1. The topological polar surface area (TPSA) is 59.4 Å². The van der Waals surface area contributed by atoms with Crippen molar-refractivity contribution in [3.05, 3.63) is 52.9 Å². The van der Waals surface area contributed by atoms with Gasteiger partial charge in [-0.1, -0.05) is 13.3 Å². The molecular formula is C21H24F6N4O2. The molecule has 1 aliphatic rings. The molecule has 0 bridgehead atoms. The van der Waals surface area contributed by atoms with Gasteiger partial charge in [-0.25, -0.2) is 18.2 Å². The zero-order chi connectivity index (χ0) is 24.2. The highest BCUT2D eigenvalue weighted by atomic mass is 19.4. The van der Waals surface area contributed by atoms with Gasteiger partial charge in [-0.15, -0.1) is 0 Å². The fraction of sp³-hybridized carbons (Fsp3) is 0.524. The van der Waals surface area contributed by atoms with Gasteiger partial charge < -0.3 is 14.3 Å². The molecule has 2 aromatic rings. The van der Waals surface area contributed by atoms with Gasteiger partial charge in [0.2, 0.25) is 11.7 Å². The number of rotatable bonds is 9. The number of nitrogens with zero attached hydrogens (tertiary/aromatic N) is 3. The van der Waals surface area contributed by atoms with Crippen LogP contribution in [-0.4, -0.2) is 39.6 Å². The number of imidazole rings is 1. The van der Waals surface area contributed by atoms with Gasteiger partial charge in [0.25, 0.3) is 0 Å². The number of carbonyl (C=O) groups is 1. The van der Waals surface area contributed by atoms with Crippen molar-refractivity contribution in [3.63, 3.8) is 0 Å². The summed E-state index contributed by atoms with van der Waals surface area (Å²) in [4.78, 5) is 23.0. The number of aromatic nitrogens is 2. The highest BCUT2D eigenvalue weighted by Crippen LogP contribution is 2.30. The SMILES string of the molecule is CCCCON[C@@H](CC(=O)N1CCn2c(cnc2C(F)(F)F)C1)Cc1cc(F)c(F)cc1F. The maximum Gasteiger partial charge on any atom is 0.449 e. The van der Waals surface area contributed by atoms with E-state index >= 15 is 0 Å². The molecule has 3 rings (SSSR count). The summed E-state index contributed by atoms with van der Waals surface area (Å²) in [7, 11) is 0. The van der Waals surface area contributed by atoms with Gasteiger partial charge in [-0.2, -0.15) is 18.7 Å². The Labute approximate surface area is 186 Å². The Kier molecular flexibility index (Phi) is 8.01. The molecule has 1 aliphatic heterocycles. The van der Waals surface area contributed by atoms with Crippen molar-refractivity contribution in [2.75, 3.05) is 13.2 Å². The molecule has 0 fully saturated rings. The van der Waals surface area contributed by atoms with Crippen LogP contribution in [0.1, 0.15) is 43.3 Å². The highest BCUT2D eigenvalue weighted by molar-refractivity contribution is 5.77. The average Bonchev–Trinajstić information content (AvgIpc) is 3.18. The number of hydrogen-bond acceptors (Lipinski definition) is 4. The third-order valence-corrected chi connectivity index (χ3v) is 5.32. The molecule has 182 valence electrons. The minimum atomic E-state index is -4.59. The molecule has 1 N–H and O–H groups in total. The number of carbonyl (C=O) groups excluding carboxylic acids is 1. The van der Waals surface area contributed by atoms with Crippen molar-refractivity contribution >= 4 is 5.91 Å². The van der Waals surface area contributed by atoms with E-state index in [0.29, 0.717) is 12.7 Å². The van der Waals surface area contributed by atoms with Crippen LogP contribution in [0.5, 0.6) is 0 Å². The highest BCUT2D eigenvalue weighted by Gasteiger charge is 2.38. The molecule has 0 saturated carbocycles. The summed E-state index contributed by atoms with van der Waals surface area (Å²) in [6.07, 6.45) is -2.28. The van der Waals surface area contributed by atoms with E-state index in [1.807, 2.05) is 6.92 Å². The molecule has 1 atom stereocenters. The standard InChI is InChI=1S/C21H24F6N4O2/c1-2-3-6-33-29-14(7-13-8-17(23)18(24)10-16(13)22)9-19(32)30-4-5-31-15(12-30)11-28-20(31)21(25,26)27/h8,10-11,14,29H,2-7,9,12H2,1H3/t14-/m1/s1. The van der Waals surface area contributed by atoms with Crippen molar-refractivity contribution in [2.45, 2.75) is 57.9 Å². The number of hydrogen-bond donors (Lipinski definition) is 1. The third kappa shape index (κ3) is 6.26. The first-order valence-electron chi connectivity index (χ1n) is 10.5. The Hall–Kier alpha value is -2.60. The fourth-order valence-electron chi connectivity index (χ4n) is 3.60. The molecule has 1 aromatic heterocycles. The lowest BCUT2D eigenvalue weighted by atomic mass is 10.0. The van der Waals surface area contributed by atoms with Gasteiger partial charge >= 0.3 is 6.18 Å². The van der Waals surface area contributed by atoms with Gasteiger partial charge in [-0.05, 0) is 24.5 Å². The number of alkyl halides is 3. The van der Waals surface area contributed by atoms with Crippen LogP contribution in [0, 0.1) is 17.5 Å². The summed E-state index contributed by atoms with van der Waals surface area (Å²) in [5, 5.41) is 0. The molecule has 2 heterocycles. The first-order valence-corrected chi connectivity index (χ1v) is 10.5. The number of halogens is 6. The number of amides is 1. The maximum absolute atomic E-state index is 14.1. The summed E-state index contributed by atoms with van der Waals surface area (Å²) in [6, 6.07) is 0.394. The molecule has 12 heteroatoms. The van der Waals surface area contributed by atoms with E-state index in [0.717, 1.165) is 29.7 Å². The lowest BCUT2D eigenvalue weighted by molar-refractivity contribution is -0.148. The van der Waals surface area contributed by atoms with Crippen LogP contribution in [-0.2, 0) is 35.3 Å². The van der Waals surface area contributed by atoms with Crippen LogP contribution in [0.4, 0.5) is 26.3 Å². The van der Waals surface area contributed by atoms with Crippen molar-refractivity contribution < 1.29 is 36.0 Å². The monoisotopic (exact) mass is 478 g/mol. The number of fused-ring (bicyclic) bond motifs is 1. The van der Waals surface area contributed by atoms with E-state index in [4.69, 9.17) is 4.84 Å². The first kappa shape index (κ1) is 25.0. The average molecular weight is 478 g/mol. The lowest BCUT2D eigenvalue weighted by Gasteiger charge is -2.30.